The second-order valence-corrected chi connectivity index (χ2v) is 5.73. The predicted molar refractivity (Wildman–Crippen MR) is 78.2 cm³/mol. The van der Waals surface area contributed by atoms with E-state index in [0.29, 0.717) is 0 Å². The normalized spacial score (nSPS) is 18.0. The van der Waals surface area contributed by atoms with Crippen molar-refractivity contribution in [1.82, 2.24) is 0 Å². The lowest BCUT2D eigenvalue weighted by Gasteiger charge is -2.23. The molecule has 1 unspecified atom stereocenters. The molecule has 1 N–H and O–H groups in total. The zero-order chi connectivity index (χ0) is 13.3. The van der Waals surface area contributed by atoms with Crippen molar-refractivity contribution >= 4 is 0 Å². The Hall–Kier alpha value is -1.60. The van der Waals surface area contributed by atoms with Gasteiger partial charge in [0.1, 0.15) is 0 Å². The monoisotopic (exact) mass is 252 g/mol. The number of benzene rings is 2. The Balaban J connectivity index is 1.77. The number of aliphatic hydroxyl groups is 1. The molecule has 0 radical (unpaired) electrons. The first-order valence-electron chi connectivity index (χ1n) is 7.00. The van der Waals surface area contributed by atoms with Crippen molar-refractivity contribution in [2.45, 2.75) is 37.7 Å². The fraction of sp³-hybridized carbons (Fsp3) is 0.333. The molecular weight excluding hydrogens is 232 g/mol. The topological polar surface area (TPSA) is 20.2 Å². The molecule has 1 saturated carbocycles. The van der Waals surface area contributed by atoms with Crippen LogP contribution < -0.4 is 0 Å². The van der Waals surface area contributed by atoms with Crippen molar-refractivity contribution in [2.24, 2.45) is 0 Å². The van der Waals surface area contributed by atoms with Gasteiger partial charge in [0, 0.05) is 5.41 Å². The molecule has 2 aromatic rings. The molecule has 3 rings (SSSR count). The minimum Gasteiger partial charge on any atom is -0.392 e. The first kappa shape index (κ1) is 12.4. The van der Waals surface area contributed by atoms with E-state index in [1.54, 1.807) is 0 Å². The number of hydrogen-bond acceptors (Lipinski definition) is 1. The Kier molecular flexibility index (Phi) is 3.16. The number of hydrogen-bond donors (Lipinski definition) is 1. The van der Waals surface area contributed by atoms with Crippen LogP contribution in [-0.4, -0.2) is 11.2 Å². The quantitative estimate of drug-likeness (QED) is 0.881. The Morgan fingerprint density at radius 2 is 1.63 bits per heavy atom. The van der Waals surface area contributed by atoms with Gasteiger partial charge in [-0.2, -0.15) is 0 Å². The fourth-order valence-electron chi connectivity index (χ4n) is 2.86. The van der Waals surface area contributed by atoms with E-state index < -0.39 is 0 Å². The van der Waals surface area contributed by atoms with Crippen molar-refractivity contribution < 1.29 is 5.11 Å². The van der Waals surface area contributed by atoms with E-state index in [4.69, 9.17) is 0 Å². The second kappa shape index (κ2) is 4.82. The van der Waals surface area contributed by atoms with Gasteiger partial charge in [0.05, 0.1) is 6.10 Å². The molecule has 0 spiro atoms. The van der Waals surface area contributed by atoms with Crippen LogP contribution >= 0.6 is 0 Å². The summed E-state index contributed by atoms with van der Waals surface area (Å²) in [4.78, 5) is 0. The SMILES string of the molecule is Cc1ccc(CC(O)C2(c3ccccc3)CC2)cc1. The van der Waals surface area contributed by atoms with E-state index in [1.807, 2.05) is 6.07 Å². The smallest absolute Gasteiger partial charge is 0.0677 e. The maximum Gasteiger partial charge on any atom is 0.0677 e. The maximum absolute atomic E-state index is 10.6. The molecule has 0 aliphatic heterocycles. The summed E-state index contributed by atoms with van der Waals surface area (Å²) in [5, 5.41) is 10.6. The molecule has 1 aliphatic rings. The maximum atomic E-state index is 10.6. The number of aliphatic hydroxyl groups excluding tert-OH is 1. The molecule has 1 nitrogen and oxygen atoms in total. The highest BCUT2D eigenvalue weighted by Crippen LogP contribution is 2.51. The first-order valence-corrected chi connectivity index (χ1v) is 7.00. The Morgan fingerprint density at radius 3 is 2.21 bits per heavy atom. The highest BCUT2D eigenvalue weighted by Gasteiger charge is 2.49. The van der Waals surface area contributed by atoms with Gasteiger partial charge in [0.2, 0.25) is 0 Å². The minimum absolute atomic E-state index is 0.00610. The molecule has 0 amide bonds. The molecule has 98 valence electrons. The average Bonchev–Trinajstić information content (AvgIpc) is 3.24. The van der Waals surface area contributed by atoms with Gasteiger partial charge < -0.3 is 5.11 Å². The fourth-order valence-corrected chi connectivity index (χ4v) is 2.86. The summed E-state index contributed by atoms with van der Waals surface area (Å²) in [7, 11) is 0. The van der Waals surface area contributed by atoms with Crippen LogP contribution in [0.2, 0.25) is 0 Å². The van der Waals surface area contributed by atoms with Gasteiger partial charge in [-0.05, 0) is 37.3 Å². The van der Waals surface area contributed by atoms with Crippen molar-refractivity contribution in [2.75, 3.05) is 0 Å². The summed E-state index contributed by atoms with van der Waals surface area (Å²) in [6.07, 6.45) is 2.67. The molecule has 0 heterocycles. The molecule has 1 atom stereocenters. The van der Waals surface area contributed by atoms with Crippen LogP contribution in [0.15, 0.2) is 54.6 Å². The minimum atomic E-state index is -0.280. The Bertz CT molecular complexity index is 538. The van der Waals surface area contributed by atoms with Gasteiger partial charge >= 0.3 is 0 Å². The number of aryl methyl sites for hydroxylation is 1. The summed E-state index contributed by atoms with van der Waals surface area (Å²) in [5.74, 6) is 0. The standard InChI is InChI=1S/C18H20O/c1-14-7-9-15(10-8-14)13-17(19)18(11-12-18)16-5-3-2-4-6-16/h2-10,17,19H,11-13H2,1H3. The molecule has 1 aliphatic carbocycles. The highest BCUT2D eigenvalue weighted by atomic mass is 16.3. The van der Waals surface area contributed by atoms with E-state index in [0.717, 1.165) is 19.3 Å². The largest absolute Gasteiger partial charge is 0.392 e. The van der Waals surface area contributed by atoms with E-state index in [2.05, 4.69) is 55.5 Å². The summed E-state index contributed by atoms with van der Waals surface area (Å²) < 4.78 is 0. The van der Waals surface area contributed by atoms with Gasteiger partial charge in [0.25, 0.3) is 0 Å². The molecule has 0 bridgehead atoms. The molecule has 19 heavy (non-hydrogen) atoms. The van der Waals surface area contributed by atoms with Crippen molar-refractivity contribution in [3.63, 3.8) is 0 Å². The van der Waals surface area contributed by atoms with E-state index >= 15 is 0 Å². The lowest BCUT2D eigenvalue weighted by atomic mass is 9.86. The lowest BCUT2D eigenvalue weighted by molar-refractivity contribution is 0.131. The van der Waals surface area contributed by atoms with E-state index in [9.17, 15) is 5.11 Å². The van der Waals surface area contributed by atoms with E-state index in [1.165, 1.54) is 16.7 Å². The Labute approximate surface area is 114 Å². The zero-order valence-electron chi connectivity index (χ0n) is 11.3. The van der Waals surface area contributed by atoms with E-state index in [-0.39, 0.29) is 11.5 Å². The number of rotatable bonds is 4. The van der Waals surface area contributed by atoms with Crippen LogP contribution in [0.25, 0.3) is 0 Å². The summed E-state index contributed by atoms with van der Waals surface area (Å²) in [6.45, 7) is 2.09. The zero-order valence-corrected chi connectivity index (χ0v) is 11.3. The lowest BCUT2D eigenvalue weighted by Crippen LogP contribution is -2.28. The van der Waals surface area contributed by atoms with Crippen molar-refractivity contribution in [1.29, 1.82) is 0 Å². The van der Waals surface area contributed by atoms with Gasteiger partial charge in [-0.1, -0.05) is 60.2 Å². The van der Waals surface area contributed by atoms with Crippen LogP contribution in [-0.2, 0) is 11.8 Å². The first-order chi connectivity index (χ1) is 9.21. The van der Waals surface area contributed by atoms with Crippen LogP contribution in [0.3, 0.4) is 0 Å². The van der Waals surface area contributed by atoms with Crippen LogP contribution in [0, 0.1) is 6.92 Å². The molecule has 1 heteroatoms. The van der Waals surface area contributed by atoms with Gasteiger partial charge in [-0.3, -0.25) is 0 Å². The summed E-state index contributed by atoms with van der Waals surface area (Å²) in [5.41, 5.74) is 3.78. The molecular formula is C18H20O. The summed E-state index contributed by atoms with van der Waals surface area (Å²) >= 11 is 0. The summed E-state index contributed by atoms with van der Waals surface area (Å²) in [6, 6.07) is 18.9. The average molecular weight is 252 g/mol. The van der Waals surface area contributed by atoms with Crippen LogP contribution in [0.1, 0.15) is 29.5 Å². The van der Waals surface area contributed by atoms with Gasteiger partial charge in [0.15, 0.2) is 0 Å². The van der Waals surface area contributed by atoms with Gasteiger partial charge in [-0.25, -0.2) is 0 Å². The molecule has 1 fully saturated rings. The second-order valence-electron chi connectivity index (χ2n) is 5.73. The Morgan fingerprint density at radius 1 is 1.00 bits per heavy atom. The van der Waals surface area contributed by atoms with Crippen LogP contribution in [0.5, 0.6) is 0 Å². The van der Waals surface area contributed by atoms with Crippen molar-refractivity contribution in [3.8, 4) is 0 Å². The van der Waals surface area contributed by atoms with Crippen LogP contribution in [0.4, 0.5) is 0 Å². The van der Waals surface area contributed by atoms with Gasteiger partial charge in [-0.15, -0.1) is 0 Å². The molecule has 0 aromatic heterocycles. The molecule has 2 aromatic carbocycles. The molecule has 0 saturated heterocycles. The highest BCUT2D eigenvalue weighted by molar-refractivity contribution is 5.34. The van der Waals surface area contributed by atoms with Crippen molar-refractivity contribution in [3.05, 3.63) is 71.3 Å². The predicted octanol–water partition coefficient (Wildman–Crippen LogP) is 3.63. The third kappa shape index (κ3) is 2.43. The third-order valence-corrected chi connectivity index (χ3v) is 4.32. The third-order valence-electron chi connectivity index (χ3n) is 4.32.